The van der Waals surface area contributed by atoms with Crippen LogP contribution in [0.3, 0.4) is 0 Å². The maximum absolute atomic E-state index is 10.4. The third-order valence-corrected chi connectivity index (χ3v) is 1.79. The third-order valence-electron chi connectivity index (χ3n) is 1.79. The van der Waals surface area contributed by atoms with E-state index in [1.165, 1.54) is 0 Å². The first-order valence-corrected chi connectivity index (χ1v) is 4.37. The number of nitrogens with two attached hydrogens (primary N) is 1. The van der Waals surface area contributed by atoms with Gasteiger partial charge in [-0.05, 0) is 11.1 Å². The van der Waals surface area contributed by atoms with E-state index in [0.29, 0.717) is 0 Å². The van der Waals surface area contributed by atoms with Gasteiger partial charge in [-0.1, -0.05) is 36.4 Å². The second kappa shape index (κ2) is 5.19. The van der Waals surface area contributed by atoms with Crippen LogP contribution in [-0.4, -0.2) is 11.0 Å². The topological polar surface area (TPSA) is 63.3 Å². The molecule has 0 heterocycles. The van der Waals surface area contributed by atoms with Crippen LogP contribution in [0, 0.1) is 0 Å². The van der Waals surface area contributed by atoms with Crippen molar-refractivity contribution >= 4 is 12.0 Å². The average molecular weight is 191 g/mol. The minimum absolute atomic E-state index is 0.0469. The molecule has 0 saturated heterocycles. The number of aliphatic hydroxyl groups excluding tert-OH is 1. The predicted molar refractivity (Wildman–Crippen MR) is 55.2 cm³/mol. The smallest absolute Gasteiger partial charge is 0.221 e. The molecule has 3 heteroatoms. The molecule has 0 aromatic heterocycles. The van der Waals surface area contributed by atoms with Gasteiger partial charge in [-0.2, -0.15) is 0 Å². The molecule has 14 heavy (non-hydrogen) atoms. The van der Waals surface area contributed by atoms with Crippen molar-refractivity contribution in [2.24, 2.45) is 5.73 Å². The van der Waals surface area contributed by atoms with Crippen LogP contribution in [-0.2, 0) is 11.4 Å². The van der Waals surface area contributed by atoms with E-state index in [-0.39, 0.29) is 18.9 Å². The Morgan fingerprint density at radius 1 is 1.36 bits per heavy atom. The van der Waals surface area contributed by atoms with Crippen molar-refractivity contribution in [3.63, 3.8) is 0 Å². The van der Waals surface area contributed by atoms with Crippen LogP contribution in [0.2, 0.25) is 0 Å². The van der Waals surface area contributed by atoms with E-state index in [1.807, 2.05) is 30.3 Å². The Labute approximate surface area is 82.9 Å². The van der Waals surface area contributed by atoms with Crippen LogP contribution in [0.15, 0.2) is 30.3 Å². The Bertz CT molecular complexity index is 328. The molecule has 0 aliphatic rings. The summed E-state index contributed by atoms with van der Waals surface area (Å²) in [6.07, 6.45) is 3.80. The van der Waals surface area contributed by atoms with Gasteiger partial charge in [0.2, 0.25) is 5.91 Å². The van der Waals surface area contributed by atoms with Crippen molar-refractivity contribution in [3.8, 4) is 0 Å². The van der Waals surface area contributed by atoms with Gasteiger partial charge in [-0.15, -0.1) is 0 Å². The van der Waals surface area contributed by atoms with Crippen LogP contribution in [0.1, 0.15) is 17.5 Å². The zero-order valence-electron chi connectivity index (χ0n) is 7.81. The number of amides is 1. The minimum atomic E-state index is -0.340. The first-order valence-electron chi connectivity index (χ1n) is 4.37. The van der Waals surface area contributed by atoms with Gasteiger partial charge in [0.1, 0.15) is 0 Å². The van der Waals surface area contributed by atoms with Crippen molar-refractivity contribution in [2.45, 2.75) is 13.0 Å². The molecule has 0 radical (unpaired) electrons. The lowest BCUT2D eigenvalue weighted by molar-refractivity contribution is -0.117. The van der Waals surface area contributed by atoms with Crippen molar-refractivity contribution in [3.05, 3.63) is 41.5 Å². The Hall–Kier alpha value is -1.61. The van der Waals surface area contributed by atoms with Crippen molar-refractivity contribution < 1.29 is 9.90 Å². The molecule has 1 aromatic carbocycles. The van der Waals surface area contributed by atoms with Crippen LogP contribution in [0.5, 0.6) is 0 Å². The highest BCUT2D eigenvalue weighted by molar-refractivity contribution is 5.76. The zero-order chi connectivity index (χ0) is 10.4. The lowest BCUT2D eigenvalue weighted by Crippen LogP contribution is -2.07. The lowest BCUT2D eigenvalue weighted by Gasteiger charge is -1.96. The van der Waals surface area contributed by atoms with Gasteiger partial charge >= 0.3 is 0 Å². The summed E-state index contributed by atoms with van der Waals surface area (Å²) in [5.41, 5.74) is 6.84. The summed E-state index contributed by atoms with van der Waals surface area (Å²) in [4.78, 5) is 10.4. The van der Waals surface area contributed by atoms with Gasteiger partial charge in [0.05, 0.1) is 6.61 Å². The number of hydrogen-bond donors (Lipinski definition) is 2. The van der Waals surface area contributed by atoms with Gasteiger partial charge in [0, 0.05) is 6.42 Å². The fourth-order valence-electron chi connectivity index (χ4n) is 1.05. The number of carbonyl (C=O) groups is 1. The van der Waals surface area contributed by atoms with Gasteiger partial charge in [-0.25, -0.2) is 0 Å². The molecule has 0 saturated carbocycles. The summed E-state index contributed by atoms with van der Waals surface area (Å²) in [5, 5.41) is 8.80. The average Bonchev–Trinajstić information content (AvgIpc) is 2.18. The van der Waals surface area contributed by atoms with E-state index in [2.05, 4.69) is 0 Å². The van der Waals surface area contributed by atoms with Crippen LogP contribution >= 0.6 is 0 Å². The second-order valence-electron chi connectivity index (χ2n) is 2.97. The van der Waals surface area contributed by atoms with Crippen molar-refractivity contribution in [2.75, 3.05) is 0 Å². The molecule has 0 atom stereocenters. The summed E-state index contributed by atoms with van der Waals surface area (Å²) < 4.78 is 0. The molecule has 3 nitrogen and oxygen atoms in total. The Kier molecular flexibility index (Phi) is 3.88. The highest BCUT2D eigenvalue weighted by Crippen LogP contribution is 2.06. The summed E-state index contributed by atoms with van der Waals surface area (Å²) in [7, 11) is 0. The number of rotatable bonds is 4. The molecule has 74 valence electrons. The summed E-state index contributed by atoms with van der Waals surface area (Å²) in [6.45, 7) is 0.0469. The van der Waals surface area contributed by atoms with E-state index in [0.717, 1.165) is 11.1 Å². The summed E-state index contributed by atoms with van der Waals surface area (Å²) in [5.74, 6) is -0.340. The largest absolute Gasteiger partial charge is 0.392 e. The first kappa shape index (κ1) is 10.5. The first-order chi connectivity index (χ1) is 6.72. The number of primary amides is 1. The van der Waals surface area contributed by atoms with E-state index < -0.39 is 0 Å². The molecule has 0 spiro atoms. The standard InChI is InChI=1S/C11H13NO2/c12-11(14)3-1-2-9-4-6-10(8-13)7-5-9/h1-2,4-7,13H,3,8H2,(H2,12,14). The third kappa shape index (κ3) is 3.41. The number of benzene rings is 1. The summed E-state index contributed by atoms with van der Waals surface area (Å²) in [6, 6.07) is 7.43. The fourth-order valence-corrected chi connectivity index (χ4v) is 1.05. The molecule has 0 aliphatic heterocycles. The Balaban J connectivity index is 2.59. The van der Waals surface area contributed by atoms with E-state index in [9.17, 15) is 4.79 Å². The zero-order valence-corrected chi connectivity index (χ0v) is 7.81. The van der Waals surface area contributed by atoms with Crippen molar-refractivity contribution in [1.82, 2.24) is 0 Å². The SMILES string of the molecule is NC(=O)CC=Cc1ccc(CO)cc1. The number of carbonyl (C=O) groups excluding carboxylic acids is 1. The quantitative estimate of drug-likeness (QED) is 0.747. The maximum atomic E-state index is 10.4. The highest BCUT2D eigenvalue weighted by atomic mass is 16.3. The molecule has 1 rings (SSSR count). The number of aliphatic hydroxyl groups is 1. The van der Waals surface area contributed by atoms with Crippen LogP contribution in [0.4, 0.5) is 0 Å². The molecular formula is C11H13NO2. The second-order valence-corrected chi connectivity index (χ2v) is 2.97. The molecular weight excluding hydrogens is 178 g/mol. The molecule has 3 N–H and O–H groups in total. The highest BCUT2D eigenvalue weighted by Gasteiger charge is 1.90. The molecule has 0 unspecified atom stereocenters. The monoisotopic (exact) mass is 191 g/mol. The molecule has 0 aliphatic carbocycles. The van der Waals surface area contributed by atoms with E-state index >= 15 is 0 Å². The molecule has 0 bridgehead atoms. The Morgan fingerprint density at radius 3 is 2.50 bits per heavy atom. The lowest BCUT2D eigenvalue weighted by atomic mass is 10.1. The van der Waals surface area contributed by atoms with E-state index in [1.54, 1.807) is 6.08 Å². The maximum Gasteiger partial charge on any atom is 0.221 e. The molecule has 1 aromatic rings. The van der Waals surface area contributed by atoms with Gasteiger partial charge in [0.25, 0.3) is 0 Å². The van der Waals surface area contributed by atoms with Gasteiger partial charge in [0.15, 0.2) is 0 Å². The van der Waals surface area contributed by atoms with Gasteiger partial charge in [-0.3, -0.25) is 4.79 Å². The Morgan fingerprint density at radius 2 is 2.00 bits per heavy atom. The number of hydrogen-bond acceptors (Lipinski definition) is 2. The molecule has 1 amide bonds. The predicted octanol–water partition coefficient (Wildman–Crippen LogP) is 1.07. The molecule has 0 fully saturated rings. The fraction of sp³-hybridized carbons (Fsp3) is 0.182. The normalized spacial score (nSPS) is 10.6. The van der Waals surface area contributed by atoms with Gasteiger partial charge < -0.3 is 10.8 Å². The van der Waals surface area contributed by atoms with E-state index in [4.69, 9.17) is 10.8 Å². The summed E-state index contributed by atoms with van der Waals surface area (Å²) >= 11 is 0. The van der Waals surface area contributed by atoms with Crippen molar-refractivity contribution in [1.29, 1.82) is 0 Å². The minimum Gasteiger partial charge on any atom is -0.392 e. The van der Waals surface area contributed by atoms with Crippen LogP contribution < -0.4 is 5.73 Å². The van der Waals surface area contributed by atoms with Crippen LogP contribution in [0.25, 0.3) is 6.08 Å².